The van der Waals surface area contributed by atoms with E-state index in [1.165, 1.54) is 12.0 Å². The van der Waals surface area contributed by atoms with E-state index in [9.17, 15) is 4.79 Å². The predicted octanol–water partition coefficient (Wildman–Crippen LogP) is 3.66. The molecule has 1 amide bonds. The van der Waals surface area contributed by atoms with Gasteiger partial charge < -0.3 is 9.64 Å². The van der Waals surface area contributed by atoms with Crippen LogP contribution in [0, 0.1) is 11.8 Å². The van der Waals surface area contributed by atoms with Crippen LogP contribution in [0.4, 0.5) is 4.79 Å². The van der Waals surface area contributed by atoms with E-state index in [-0.39, 0.29) is 6.09 Å². The molecule has 1 heterocycles. The maximum atomic E-state index is 12.1. The smallest absolute Gasteiger partial charge is 0.410 e. The number of hydrogen-bond acceptors (Lipinski definition) is 2. The summed E-state index contributed by atoms with van der Waals surface area (Å²) >= 11 is 0. The fraction of sp³-hybridized carbons (Fsp3) is 0.588. The van der Waals surface area contributed by atoms with E-state index in [0.29, 0.717) is 17.8 Å². The van der Waals surface area contributed by atoms with Gasteiger partial charge in [0.15, 0.2) is 0 Å². The third-order valence-electron chi connectivity index (χ3n) is 4.44. The topological polar surface area (TPSA) is 29.5 Å². The number of nitrogens with zero attached hydrogens (tertiary/aromatic N) is 1. The molecule has 2 aliphatic rings. The number of fused-ring (bicyclic) bond motifs is 1. The van der Waals surface area contributed by atoms with Gasteiger partial charge in [-0.05, 0) is 50.5 Å². The summed E-state index contributed by atoms with van der Waals surface area (Å²) in [5, 5.41) is 0. The Morgan fingerprint density at radius 1 is 1.20 bits per heavy atom. The van der Waals surface area contributed by atoms with Crippen molar-refractivity contribution >= 4 is 6.09 Å². The minimum absolute atomic E-state index is 0.154. The second-order valence-electron chi connectivity index (χ2n) is 7.06. The van der Waals surface area contributed by atoms with E-state index in [0.717, 1.165) is 13.1 Å². The fourth-order valence-electron chi connectivity index (χ4n) is 3.47. The van der Waals surface area contributed by atoms with Crippen LogP contribution >= 0.6 is 0 Å². The molecule has 1 saturated carbocycles. The number of likely N-dealkylation sites (tertiary alicyclic amines) is 1. The van der Waals surface area contributed by atoms with E-state index in [2.05, 4.69) is 30.3 Å². The summed E-state index contributed by atoms with van der Waals surface area (Å²) in [5.41, 5.74) is 1.01. The van der Waals surface area contributed by atoms with Gasteiger partial charge in [-0.2, -0.15) is 0 Å². The molecule has 3 rings (SSSR count). The van der Waals surface area contributed by atoms with Gasteiger partial charge in [0.2, 0.25) is 0 Å². The highest BCUT2D eigenvalue weighted by molar-refractivity contribution is 5.68. The number of ether oxygens (including phenoxy) is 1. The first-order chi connectivity index (χ1) is 9.44. The van der Waals surface area contributed by atoms with Crippen molar-refractivity contribution in [3.63, 3.8) is 0 Å². The molecule has 1 saturated heterocycles. The van der Waals surface area contributed by atoms with Crippen LogP contribution in [0.25, 0.3) is 0 Å². The molecule has 0 N–H and O–H groups in total. The molecule has 3 atom stereocenters. The number of carbonyl (C=O) groups excluding carboxylic acids is 1. The van der Waals surface area contributed by atoms with Crippen LogP contribution in [0.5, 0.6) is 0 Å². The quantitative estimate of drug-likeness (QED) is 0.781. The molecule has 0 unspecified atom stereocenters. The van der Waals surface area contributed by atoms with Gasteiger partial charge in [-0.25, -0.2) is 4.79 Å². The first kappa shape index (κ1) is 13.5. The van der Waals surface area contributed by atoms with Crippen LogP contribution in [0.2, 0.25) is 0 Å². The normalized spacial score (nSPS) is 28.8. The van der Waals surface area contributed by atoms with Crippen molar-refractivity contribution < 1.29 is 9.53 Å². The molecule has 1 aliphatic heterocycles. The Labute approximate surface area is 120 Å². The molecule has 2 fully saturated rings. The van der Waals surface area contributed by atoms with E-state index in [1.54, 1.807) is 0 Å². The Balaban J connectivity index is 1.62. The minimum atomic E-state index is -0.405. The van der Waals surface area contributed by atoms with Gasteiger partial charge >= 0.3 is 6.09 Å². The molecule has 108 valence electrons. The number of rotatable bonds is 1. The zero-order valence-electron chi connectivity index (χ0n) is 12.5. The highest BCUT2D eigenvalue weighted by atomic mass is 16.6. The Bertz CT molecular complexity index is 491. The van der Waals surface area contributed by atoms with Crippen LogP contribution in [-0.2, 0) is 4.74 Å². The maximum absolute atomic E-state index is 12.1. The monoisotopic (exact) mass is 273 g/mol. The molecule has 0 spiro atoms. The van der Waals surface area contributed by atoms with Crippen LogP contribution < -0.4 is 0 Å². The van der Waals surface area contributed by atoms with Gasteiger partial charge in [-0.15, -0.1) is 0 Å². The zero-order valence-corrected chi connectivity index (χ0v) is 12.5. The summed E-state index contributed by atoms with van der Waals surface area (Å²) in [4.78, 5) is 14.0. The summed E-state index contributed by atoms with van der Waals surface area (Å²) in [5.74, 6) is 1.89. The third-order valence-corrected chi connectivity index (χ3v) is 4.44. The van der Waals surface area contributed by atoms with Gasteiger partial charge in [0.05, 0.1) is 0 Å². The largest absolute Gasteiger partial charge is 0.444 e. The molecule has 1 aromatic carbocycles. The third kappa shape index (κ3) is 2.54. The van der Waals surface area contributed by atoms with E-state index in [4.69, 9.17) is 4.74 Å². The molecular formula is C17H23NO2. The molecule has 20 heavy (non-hydrogen) atoms. The first-order valence-electron chi connectivity index (χ1n) is 7.47. The van der Waals surface area contributed by atoms with E-state index < -0.39 is 5.60 Å². The van der Waals surface area contributed by atoms with Crippen molar-refractivity contribution in [1.82, 2.24) is 4.90 Å². The second kappa shape index (κ2) is 4.80. The summed E-state index contributed by atoms with van der Waals surface area (Å²) in [6.45, 7) is 7.47. The van der Waals surface area contributed by atoms with Gasteiger partial charge in [-0.3, -0.25) is 0 Å². The number of amides is 1. The number of hydrogen-bond donors (Lipinski definition) is 0. The second-order valence-corrected chi connectivity index (χ2v) is 7.06. The van der Waals surface area contributed by atoms with E-state index >= 15 is 0 Å². The fourth-order valence-corrected chi connectivity index (χ4v) is 3.47. The highest BCUT2D eigenvalue weighted by Gasteiger charge is 2.49. The van der Waals surface area contributed by atoms with Crippen LogP contribution in [0.15, 0.2) is 30.3 Å². The standard InChI is InChI=1S/C17H23NO2/c1-17(2,3)20-16(19)18-10-13-9-14(15(13)11-18)12-7-5-4-6-8-12/h4-8,13-15H,9-11H2,1-3H3/t13-,14-,15+/m1/s1. The summed E-state index contributed by atoms with van der Waals surface area (Å²) in [6.07, 6.45) is 1.05. The van der Waals surface area contributed by atoms with Gasteiger partial charge in [0, 0.05) is 13.1 Å². The average molecular weight is 273 g/mol. The number of benzene rings is 1. The van der Waals surface area contributed by atoms with Crippen molar-refractivity contribution in [3.8, 4) is 0 Å². The zero-order chi connectivity index (χ0) is 14.3. The summed E-state index contributed by atoms with van der Waals surface area (Å²) in [6, 6.07) is 10.7. The lowest BCUT2D eigenvalue weighted by Gasteiger charge is -2.39. The molecule has 3 nitrogen and oxygen atoms in total. The summed E-state index contributed by atoms with van der Waals surface area (Å²) < 4.78 is 5.47. The highest BCUT2D eigenvalue weighted by Crippen LogP contribution is 2.51. The van der Waals surface area contributed by atoms with Crippen LogP contribution in [-0.4, -0.2) is 29.7 Å². The Morgan fingerprint density at radius 2 is 1.90 bits per heavy atom. The first-order valence-corrected chi connectivity index (χ1v) is 7.47. The molecule has 1 aromatic rings. The molecule has 0 bridgehead atoms. The maximum Gasteiger partial charge on any atom is 0.410 e. The molecular weight excluding hydrogens is 250 g/mol. The predicted molar refractivity (Wildman–Crippen MR) is 78.6 cm³/mol. The molecule has 0 radical (unpaired) electrons. The molecule has 0 aromatic heterocycles. The van der Waals surface area contributed by atoms with Crippen molar-refractivity contribution in [3.05, 3.63) is 35.9 Å². The minimum Gasteiger partial charge on any atom is -0.444 e. The molecule has 1 aliphatic carbocycles. The van der Waals surface area contributed by atoms with Gasteiger partial charge in [-0.1, -0.05) is 30.3 Å². The van der Waals surface area contributed by atoms with Crippen molar-refractivity contribution in [2.24, 2.45) is 11.8 Å². The van der Waals surface area contributed by atoms with Crippen molar-refractivity contribution in [1.29, 1.82) is 0 Å². The SMILES string of the molecule is CC(C)(C)OC(=O)N1C[C@H]2C[C@H](c3ccccc3)[C@H]2C1. The van der Waals surface area contributed by atoms with Gasteiger partial charge in [0.1, 0.15) is 5.60 Å². The lowest BCUT2D eigenvalue weighted by atomic mass is 9.64. The van der Waals surface area contributed by atoms with Gasteiger partial charge in [0.25, 0.3) is 0 Å². The Hall–Kier alpha value is -1.51. The number of carbonyl (C=O) groups is 1. The van der Waals surface area contributed by atoms with Crippen molar-refractivity contribution in [2.75, 3.05) is 13.1 Å². The van der Waals surface area contributed by atoms with Crippen LogP contribution in [0.3, 0.4) is 0 Å². The lowest BCUT2D eigenvalue weighted by Crippen LogP contribution is -2.35. The Kier molecular flexibility index (Phi) is 3.23. The van der Waals surface area contributed by atoms with Crippen LogP contribution in [0.1, 0.15) is 38.7 Å². The summed E-state index contributed by atoms with van der Waals surface area (Å²) in [7, 11) is 0. The average Bonchev–Trinajstić information content (AvgIpc) is 2.67. The van der Waals surface area contributed by atoms with Crippen molar-refractivity contribution in [2.45, 2.75) is 38.7 Å². The molecule has 3 heteroatoms. The Morgan fingerprint density at radius 3 is 2.55 bits per heavy atom. The lowest BCUT2D eigenvalue weighted by molar-refractivity contribution is 0.0288. The van der Waals surface area contributed by atoms with E-state index in [1.807, 2.05) is 25.7 Å².